The minimum absolute atomic E-state index is 0.197. The van der Waals surface area contributed by atoms with E-state index in [2.05, 4.69) is 10.1 Å². The number of nitrogens with zero attached hydrogens (tertiary/aromatic N) is 2. The maximum Gasteiger partial charge on any atom is 0.246 e. The highest BCUT2D eigenvalue weighted by atomic mass is 16.5. The van der Waals surface area contributed by atoms with Gasteiger partial charge in [0.05, 0.1) is 6.10 Å². The minimum atomic E-state index is -0.758. The predicted molar refractivity (Wildman–Crippen MR) is 68.2 cm³/mol. The van der Waals surface area contributed by atoms with E-state index in [0.717, 1.165) is 5.56 Å². The van der Waals surface area contributed by atoms with Crippen LogP contribution in [-0.2, 0) is 4.74 Å². The topological polar surface area (TPSA) is 94.4 Å². The Morgan fingerprint density at radius 1 is 1.32 bits per heavy atom. The molecule has 0 bridgehead atoms. The standard InChI is InChI=1S/C13H17N3O3/c1-8(17)10(14)13-15-12(16-19-13)11(18-2)9-6-4-3-5-7-9/h3-8,10-11,17H,14H2,1-2H3/t8-,10+,11?/m1/s1. The van der Waals surface area contributed by atoms with Crippen LogP contribution in [0, 0.1) is 0 Å². The first-order valence-corrected chi connectivity index (χ1v) is 5.98. The lowest BCUT2D eigenvalue weighted by molar-refractivity contribution is 0.126. The third-order valence-corrected chi connectivity index (χ3v) is 2.83. The maximum absolute atomic E-state index is 9.41. The van der Waals surface area contributed by atoms with Crippen LogP contribution in [-0.4, -0.2) is 28.5 Å². The number of ether oxygens (including phenoxy) is 1. The maximum atomic E-state index is 9.41. The van der Waals surface area contributed by atoms with Crippen molar-refractivity contribution < 1.29 is 14.4 Å². The lowest BCUT2D eigenvalue weighted by Gasteiger charge is -2.11. The van der Waals surface area contributed by atoms with Gasteiger partial charge in [0.15, 0.2) is 0 Å². The second-order valence-electron chi connectivity index (χ2n) is 4.28. The molecule has 2 aromatic rings. The fourth-order valence-corrected chi connectivity index (χ4v) is 1.71. The molecule has 6 heteroatoms. The number of nitrogens with two attached hydrogens (primary N) is 1. The number of hydrogen-bond donors (Lipinski definition) is 2. The van der Waals surface area contributed by atoms with Crippen LogP contribution in [0.1, 0.15) is 36.3 Å². The Morgan fingerprint density at radius 3 is 2.58 bits per heavy atom. The number of aliphatic hydroxyl groups excluding tert-OH is 1. The van der Waals surface area contributed by atoms with Crippen LogP contribution < -0.4 is 5.73 Å². The smallest absolute Gasteiger partial charge is 0.246 e. The molecule has 2 rings (SSSR count). The van der Waals surface area contributed by atoms with Crippen molar-refractivity contribution in [2.75, 3.05) is 7.11 Å². The summed E-state index contributed by atoms with van der Waals surface area (Å²) < 4.78 is 10.5. The molecule has 0 radical (unpaired) electrons. The van der Waals surface area contributed by atoms with Gasteiger partial charge in [-0.05, 0) is 12.5 Å². The fourth-order valence-electron chi connectivity index (χ4n) is 1.71. The molecule has 0 aliphatic rings. The van der Waals surface area contributed by atoms with Crippen LogP contribution >= 0.6 is 0 Å². The van der Waals surface area contributed by atoms with Gasteiger partial charge in [-0.25, -0.2) is 0 Å². The third-order valence-electron chi connectivity index (χ3n) is 2.83. The molecule has 0 saturated carbocycles. The Balaban J connectivity index is 2.26. The quantitative estimate of drug-likeness (QED) is 0.841. The van der Waals surface area contributed by atoms with Crippen molar-refractivity contribution in [3.8, 4) is 0 Å². The molecule has 1 unspecified atom stereocenters. The lowest BCUT2D eigenvalue weighted by Crippen LogP contribution is -2.23. The van der Waals surface area contributed by atoms with E-state index in [4.69, 9.17) is 15.0 Å². The van der Waals surface area contributed by atoms with Crippen molar-refractivity contribution in [2.24, 2.45) is 5.73 Å². The van der Waals surface area contributed by atoms with Gasteiger partial charge in [-0.1, -0.05) is 35.5 Å². The molecule has 3 N–H and O–H groups in total. The Bertz CT molecular complexity index is 513. The van der Waals surface area contributed by atoms with Crippen molar-refractivity contribution >= 4 is 0 Å². The van der Waals surface area contributed by atoms with Gasteiger partial charge in [0, 0.05) is 7.11 Å². The first kappa shape index (κ1) is 13.7. The summed E-state index contributed by atoms with van der Waals surface area (Å²) in [6.07, 6.45) is -1.18. The summed E-state index contributed by atoms with van der Waals surface area (Å²) in [6.45, 7) is 1.57. The molecule has 3 atom stereocenters. The van der Waals surface area contributed by atoms with Crippen LogP contribution in [0.3, 0.4) is 0 Å². The molecule has 0 amide bonds. The molecule has 1 heterocycles. The Hall–Kier alpha value is -1.76. The number of methoxy groups -OCH3 is 1. The Labute approximate surface area is 111 Å². The zero-order valence-corrected chi connectivity index (χ0v) is 10.9. The van der Waals surface area contributed by atoms with Gasteiger partial charge in [0.1, 0.15) is 12.1 Å². The van der Waals surface area contributed by atoms with Crippen LogP contribution in [0.2, 0.25) is 0 Å². The van der Waals surface area contributed by atoms with Gasteiger partial charge >= 0.3 is 0 Å². The average Bonchev–Trinajstić information content (AvgIpc) is 2.89. The zero-order chi connectivity index (χ0) is 13.8. The summed E-state index contributed by atoms with van der Waals surface area (Å²) in [5, 5.41) is 13.3. The highest BCUT2D eigenvalue weighted by molar-refractivity contribution is 5.22. The first-order valence-electron chi connectivity index (χ1n) is 5.98. The Morgan fingerprint density at radius 2 is 2.00 bits per heavy atom. The van der Waals surface area contributed by atoms with Gasteiger partial charge in [-0.3, -0.25) is 0 Å². The Kier molecular flexibility index (Phi) is 4.26. The van der Waals surface area contributed by atoms with Crippen molar-refractivity contribution in [3.05, 3.63) is 47.6 Å². The molecule has 0 aliphatic heterocycles. The summed E-state index contributed by atoms with van der Waals surface area (Å²) >= 11 is 0. The van der Waals surface area contributed by atoms with Gasteiger partial charge < -0.3 is 20.1 Å². The molecule has 1 aromatic carbocycles. The van der Waals surface area contributed by atoms with Crippen LogP contribution in [0.4, 0.5) is 0 Å². The number of aliphatic hydroxyl groups is 1. The first-order chi connectivity index (χ1) is 9.13. The second kappa shape index (κ2) is 5.92. The molecular weight excluding hydrogens is 246 g/mol. The van der Waals surface area contributed by atoms with Gasteiger partial charge in [-0.2, -0.15) is 4.98 Å². The molecule has 0 spiro atoms. The van der Waals surface area contributed by atoms with E-state index >= 15 is 0 Å². The van der Waals surface area contributed by atoms with Crippen molar-refractivity contribution in [1.29, 1.82) is 0 Å². The van der Waals surface area contributed by atoms with E-state index in [0.29, 0.717) is 5.82 Å². The molecule has 102 valence electrons. The molecular formula is C13H17N3O3. The highest BCUT2D eigenvalue weighted by Crippen LogP contribution is 2.24. The normalized spacial score (nSPS) is 16.0. The number of hydrogen-bond acceptors (Lipinski definition) is 6. The average molecular weight is 263 g/mol. The number of benzene rings is 1. The SMILES string of the molecule is COC(c1ccccc1)c1noc([C@@H](N)[C@@H](C)O)n1. The van der Waals surface area contributed by atoms with Crippen molar-refractivity contribution in [2.45, 2.75) is 25.2 Å². The summed E-state index contributed by atoms with van der Waals surface area (Å²) in [7, 11) is 1.57. The fraction of sp³-hybridized carbons (Fsp3) is 0.385. The molecule has 0 fully saturated rings. The van der Waals surface area contributed by atoms with E-state index in [-0.39, 0.29) is 5.89 Å². The van der Waals surface area contributed by atoms with E-state index < -0.39 is 18.2 Å². The van der Waals surface area contributed by atoms with Crippen molar-refractivity contribution in [1.82, 2.24) is 10.1 Å². The zero-order valence-electron chi connectivity index (χ0n) is 10.9. The summed E-state index contributed by atoms with van der Waals surface area (Å²) in [6, 6.07) is 8.86. The molecule has 1 aromatic heterocycles. The number of aromatic nitrogens is 2. The van der Waals surface area contributed by atoms with Crippen LogP contribution in [0.5, 0.6) is 0 Å². The number of rotatable bonds is 5. The van der Waals surface area contributed by atoms with Gasteiger partial charge in [0.25, 0.3) is 0 Å². The molecule has 19 heavy (non-hydrogen) atoms. The van der Waals surface area contributed by atoms with Gasteiger partial charge in [-0.15, -0.1) is 0 Å². The van der Waals surface area contributed by atoms with Gasteiger partial charge in [0.2, 0.25) is 11.7 Å². The highest BCUT2D eigenvalue weighted by Gasteiger charge is 2.24. The molecule has 0 saturated heterocycles. The van der Waals surface area contributed by atoms with Crippen LogP contribution in [0.25, 0.3) is 0 Å². The predicted octanol–water partition coefficient (Wildman–Crippen LogP) is 1.19. The van der Waals surface area contributed by atoms with E-state index in [1.54, 1.807) is 14.0 Å². The van der Waals surface area contributed by atoms with E-state index in [1.807, 2.05) is 30.3 Å². The minimum Gasteiger partial charge on any atom is -0.391 e. The molecule has 6 nitrogen and oxygen atoms in total. The van der Waals surface area contributed by atoms with Crippen LogP contribution in [0.15, 0.2) is 34.9 Å². The lowest BCUT2D eigenvalue weighted by atomic mass is 10.1. The van der Waals surface area contributed by atoms with E-state index in [9.17, 15) is 5.11 Å². The summed E-state index contributed by atoms with van der Waals surface area (Å²) in [5.41, 5.74) is 6.66. The monoisotopic (exact) mass is 263 g/mol. The third kappa shape index (κ3) is 2.98. The second-order valence-corrected chi connectivity index (χ2v) is 4.28. The van der Waals surface area contributed by atoms with E-state index in [1.165, 1.54) is 0 Å². The van der Waals surface area contributed by atoms with Crippen molar-refractivity contribution in [3.63, 3.8) is 0 Å². The summed E-state index contributed by atoms with van der Waals surface area (Å²) in [5.74, 6) is 0.586. The molecule has 0 aliphatic carbocycles. The summed E-state index contributed by atoms with van der Waals surface area (Å²) in [4.78, 5) is 4.19. The largest absolute Gasteiger partial charge is 0.391 e.